The molecule has 4 atom stereocenters. The van der Waals surface area contributed by atoms with Crippen molar-refractivity contribution in [1.82, 2.24) is 4.90 Å². The van der Waals surface area contributed by atoms with E-state index in [1.165, 1.54) is 6.92 Å². The van der Waals surface area contributed by atoms with E-state index >= 15 is 0 Å². The molecule has 37 heavy (non-hydrogen) atoms. The number of hydrogen-bond acceptors (Lipinski definition) is 4. The third-order valence-electron chi connectivity index (χ3n) is 7.48. The van der Waals surface area contributed by atoms with E-state index in [9.17, 15) is 18.0 Å². The second kappa shape index (κ2) is 11.5. The Morgan fingerprint density at radius 2 is 1.65 bits per heavy atom. The number of rotatable bonds is 9. The van der Waals surface area contributed by atoms with E-state index in [4.69, 9.17) is 23.2 Å². The number of hydrogen-bond donors (Lipinski definition) is 0. The highest BCUT2D eigenvalue weighted by molar-refractivity contribution is 7.92. The van der Waals surface area contributed by atoms with Crippen LogP contribution in [0.3, 0.4) is 0 Å². The molecule has 1 heterocycles. The first-order valence-electron chi connectivity index (χ1n) is 12.7. The van der Waals surface area contributed by atoms with Crippen molar-refractivity contribution in [3.05, 3.63) is 69.7 Å². The fourth-order valence-electron chi connectivity index (χ4n) is 5.48. The minimum absolute atomic E-state index is 0.0779. The van der Waals surface area contributed by atoms with Crippen LogP contribution in [0, 0.1) is 11.3 Å². The summed E-state index contributed by atoms with van der Waals surface area (Å²) in [5.74, 6) is -0.798. The normalized spacial score (nSPS) is 23.5. The second-order valence-corrected chi connectivity index (χ2v) is 14.7. The molecular formula is C29H37Cl2NO4S. The Balaban J connectivity index is 2.30. The number of nitrogens with zero attached hydrogens (tertiary/aromatic N) is 1. The van der Waals surface area contributed by atoms with Crippen LogP contribution in [0.2, 0.25) is 10.0 Å². The average Bonchev–Trinajstić information content (AvgIpc) is 2.79. The van der Waals surface area contributed by atoms with Gasteiger partial charge in [-0.25, -0.2) is 8.42 Å². The minimum Gasteiger partial charge on any atom is -0.330 e. The highest BCUT2D eigenvalue weighted by atomic mass is 35.5. The van der Waals surface area contributed by atoms with Gasteiger partial charge in [-0.3, -0.25) is 9.59 Å². The summed E-state index contributed by atoms with van der Waals surface area (Å²) in [6.07, 6.45) is 0.506. The summed E-state index contributed by atoms with van der Waals surface area (Å²) in [5, 5.41) is 0.572. The van der Waals surface area contributed by atoms with E-state index in [1.54, 1.807) is 36.9 Å². The average molecular weight is 567 g/mol. The Kier molecular flexibility index (Phi) is 9.19. The van der Waals surface area contributed by atoms with Gasteiger partial charge >= 0.3 is 0 Å². The zero-order chi connectivity index (χ0) is 27.7. The maximum absolute atomic E-state index is 14.4. The number of amides is 1. The molecule has 2 aromatic carbocycles. The van der Waals surface area contributed by atoms with Crippen molar-refractivity contribution in [3.63, 3.8) is 0 Å². The second-order valence-electron chi connectivity index (χ2n) is 11.2. The van der Waals surface area contributed by atoms with Crippen molar-refractivity contribution >= 4 is 44.7 Å². The van der Waals surface area contributed by atoms with Crippen LogP contribution in [0.1, 0.15) is 77.5 Å². The summed E-state index contributed by atoms with van der Waals surface area (Å²) in [4.78, 5) is 28.6. The molecule has 3 rings (SSSR count). The third-order valence-corrected chi connectivity index (χ3v) is 10.2. The van der Waals surface area contributed by atoms with Crippen molar-refractivity contribution in [2.24, 2.45) is 11.3 Å². The Labute approximate surface area is 231 Å². The fourth-order valence-corrected chi connectivity index (χ4v) is 7.22. The standard InChI is InChI=1S/C29H37Cl2NO4S/c1-18(2)26(17-37(35,36)19(3)4)32-27(21-10-12-23(30)13-11-21)25(22-8-7-9-24(31)14-22)16-29(6,28(32)34)15-20(5)33/h7-14,18-19,25-27H,15-17H2,1-6H3/t25-,26-,27-,29+/m1/s1. The molecule has 2 aromatic rings. The van der Waals surface area contributed by atoms with Crippen molar-refractivity contribution in [2.75, 3.05) is 5.75 Å². The number of piperidine rings is 1. The van der Waals surface area contributed by atoms with Gasteiger partial charge in [0.2, 0.25) is 5.91 Å². The van der Waals surface area contributed by atoms with Gasteiger partial charge in [-0.05, 0) is 68.5 Å². The van der Waals surface area contributed by atoms with Crippen LogP contribution in [0.4, 0.5) is 0 Å². The molecule has 1 fully saturated rings. The summed E-state index contributed by atoms with van der Waals surface area (Å²) in [6, 6.07) is 13.9. The largest absolute Gasteiger partial charge is 0.330 e. The lowest BCUT2D eigenvalue weighted by Gasteiger charge is -2.53. The molecule has 0 saturated carbocycles. The molecule has 8 heteroatoms. The Bertz CT molecular complexity index is 1240. The molecule has 202 valence electrons. The van der Waals surface area contributed by atoms with Gasteiger partial charge in [0.1, 0.15) is 5.78 Å². The zero-order valence-electron chi connectivity index (χ0n) is 22.4. The van der Waals surface area contributed by atoms with Gasteiger partial charge in [-0.15, -0.1) is 0 Å². The first-order valence-corrected chi connectivity index (χ1v) is 15.2. The predicted molar refractivity (Wildman–Crippen MR) is 151 cm³/mol. The minimum atomic E-state index is -3.48. The van der Waals surface area contributed by atoms with E-state index < -0.39 is 32.6 Å². The molecule has 0 bridgehead atoms. The number of Topliss-reactive ketones (excluding diaryl/α,β-unsaturated/α-hetero) is 1. The van der Waals surface area contributed by atoms with Crippen LogP contribution in [0.25, 0.3) is 0 Å². The molecule has 0 spiro atoms. The Morgan fingerprint density at radius 3 is 2.16 bits per heavy atom. The lowest BCUT2D eigenvalue weighted by Crippen LogP contribution is -2.59. The predicted octanol–water partition coefficient (Wildman–Crippen LogP) is 6.88. The number of sulfone groups is 1. The SMILES string of the molecule is CC(=O)C[C@@]1(C)C[C@H](c2cccc(Cl)c2)[C@@H](c2ccc(Cl)cc2)N([C@H](CS(=O)(=O)C(C)C)C(C)C)C1=O. The van der Waals surface area contributed by atoms with Crippen molar-refractivity contribution in [2.45, 2.75) is 77.6 Å². The Morgan fingerprint density at radius 1 is 1.03 bits per heavy atom. The number of ketones is 1. The molecule has 0 N–H and O–H groups in total. The van der Waals surface area contributed by atoms with Crippen LogP contribution in [-0.2, 0) is 19.4 Å². The summed E-state index contributed by atoms with van der Waals surface area (Å²) >= 11 is 12.6. The maximum Gasteiger partial charge on any atom is 0.229 e. The van der Waals surface area contributed by atoms with Gasteiger partial charge < -0.3 is 4.90 Å². The van der Waals surface area contributed by atoms with E-state index in [1.807, 2.05) is 51.1 Å². The summed E-state index contributed by atoms with van der Waals surface area (Å²) in [6.45, 7) is 10.5. The number of benzene rings is 2. The molecule has 1 saturated heterocycles. The quantitative estimate of drug-likeness (QED) is 0.332. The van der Waals surface area contributed by atoms with Gasteiger partial charge in [0.25, 0.3) is 0 Å². The summed E-state index contributed by atoms with van der Waals surface area (Å²) < 4.78 is 26.4. The number of likely N-dealkylation sites (tertiary alicyclic amines) is 1. The van der Waals surface area contributed by atoms with Crippen molar-refractivity contribution in [1.29, 1.82) is 0 Å². The molecule has 0 aromatic heterocycles. The van der Waals surface area contributed by atoms with Crippen LogP contribution < -0.4 is 0 Å². The van der Waals surface area contributed by atoms with Gasteiger partial charge in [-0.2, -0.15) is 0 Å². The van der Waals surface area contributed by atoms with Gasteiger partial charge in [0.15, 0.2) is 9.84 Å². The van der Waals surface area contributed by atoms with Gasteiger partial charge in [0, 0.05) is 28.4 Å². The Hall–Kier alpha value is -1.89. The topological polar surface area (TPSA) is 71.5 Å². The van der Waals surface area contributed by atoms with Gasteiger partial charge in [0.05, 0.1) is 22.5 Å². The first kappa shape index (κ1) is 29.7. The maximum atomic E-state index is 14.4. The highest BCUT2D eigenvalue weighted by Crippen LogP contribution is 2.52. The van der Waals surface area contributed by atoms with Crippen molar-refractivity contribution in [3.8, 4) is 0 Å². The summed E-state index contributed by atoms with van der Waals surface area (Å²) in [7, 11) is -3.48. The van der Waals surface area contributed by atoms with Gasteiger partial charge in [-0.1, -0.05) is 68.2 Å². The molecule has 1 amide bonds. The van der Waals surface area contributed by atoms with Crippen LogP contribution in [-0.4, -0.2) is 42.1 Å². The van der Waals surface area contributed by atoms with Crippen LogP contribution in [0.5, 0.6) is 0 Å². The number of carbonyl (C=O) groups is 2. The molecule has 1 aliphatic heterocycles. The lowest BCUT2D eigenvalue weighted by molar-refractivity contribution is -0.157. The van der Waals surface area contributed by atoms with Crippen LogP contribution in [0.15, 0.2) is 48.5 Å². The molecular weight excluding hydrogens is 529 g/mol. The van der Waals surface area contributed by atoms with Crippen LogP contribution >= 0.6 is 23.2 Å². The molecule has 0 unspecified atom stereocenters. The van der Waals surface area contributed by atoms with Crippen molar-refractivity contribution < 1.29 is 18.0 Å². The van der Waals surface area contributed by atoms with E-state index in [0.717, 1.165) is 11.1 Å². The van der Waals surface area contributed by atoms with E-state index in [2.05, 4.69) is 0 Å². The highest BCUT2D eigenvalue weighted by Gasteiger charge is 2.53. The number of halogens is 2. The number of carbonyl (C=O) groups excluding carboxylic acids is 2. The lowest BCUT2D eigenvalue weighted by atomic mass is 9.66. The zero-order valence-corrected chi connectivity index (χ0v) is 24.7. The van der Waals surface area contributed by atoms with E-state index in [-0.39, 0.29) is 35.7 Å². The smallest absolute Gasteiger partial charge is 0.229 e. The summed E-state index contributed by atoms with van der Waals surface area (Å²) in [5.41, 5.74) is 0.811. The van der Waals surface area contributed by atoms with E-state index in [0.29, 0.717) is 16.5 Å². The molecule has 1 aliphatic rings. The fraction of sp³-hybridized carbons (Fsp3) is 0.517. The molecule has 0 aliphatic carbocycles. The third kappa shape index (κ3) is 6.58. The molecule has 0 radical (unpaired) electrons. The monoisotopic (exact) mass is 565 g/mol. The first-order chi connectivity index (χ1) is 17.2. The molecule has 5 nitrogen and oxygen atoms in total.